The highest BCUT2D eigenvalue weighted by atomic mass is 32.2. The largest absolute Gasteiger partial charge is 0.508 e. The van der Waals surface area contributed by atoms with Crippen LogP contribution in [0.2, 0.25) is 0 Å². The first-order valence-corrected chi connectivity index (χ1v) is 15.4. The molecule has 10 heteroatoms. The van der Waals surface area contributed by atoms with Crippen LogP contribution in [0.15, 0.2) is 117 Å². The molecule has 0 aromatic heterocycles. The summed E-state index contributed by atoms with van der Waals surface area (Å²) in [5.74, 6) is 1.52. The first-order valence-electron chi connectivity index (χ1n) is 12.4. The Morgan fingerprint density at radius 3 is 1.15 bits per heavy atom. The van der Waals surface area contributed by atoms with Gasteiger partial charge < -0.3 is 19.3 Å². The van der Waals surface area contributed by atoms with Crippen LogP contribution in [-0.4, -0.2) is 40.8 Å². The zero-order valence-electron chi connectivity index (χ0n) is 22.3. The molecule has 0 aliphatic carbocycles. The van der Waals surface area contributed by atoms with Crippen molar-refractivity contribution < 1.29 is 36.2 Å². The third-order valence-electron chi connectivity index (χ3n) is 5.59. The van der Waals surface area contributed by atoms with Crippen molar-refractivity contribution in [2.45, 2.75) is 46.0 Å². The number of aromatic hydroxyl groups is 1. The van der Waals surface area contributed by atoms with Gasteiger partial charge in [0.05, 0.1) is 19.6 Å². The minimum atomic E-state index is -3.71. The topological polar surface area (TPSA) is 116 Å². The Kier molecular flexibility index (Phi) is 8.41. The monoisotopic (exact) mass is 582 g/mol. The molecule has 0 radical (unpaired) electrons. The molecule has 0 bridgehead atoms. The standard InChI is InChI=1S/C30H30O8S2/c1-30(2,3)38-25-10-18-29(19-11-25)40(34,35)28-16-8-24(9-17-28)37-21-20-36-23-6-14-27(15-7-23)39(32,33)26-12-4-22(31)5-13-26/h4-19,31H,20-21H2,1-3H3. The van der Waals surface area contributed by atoms with Gasteiger partial charge in [0.15, 0.2) is 0 Å². The van der Waals surface area contributed by atoms with Crippen LogP contribution in [0.4, 0.5) is 0 Å². The number of ether oxygens (including phenoxy) is 3. The van der Waals surface area contributed by atoms with E-state index in [0.29, 0.717) is 17.2 Å². The summed E-state index contributed by atoms with van der Waals surface area (Å²) in [4.78, 5) is 0.487. The van der Waals surface area contributed by atoms with Crippen LogP contribution in [0, 0.1) is 0 Å². The zero-order chi connectivity index (χ0) is 29.0. The highest BCUT2D eigenvalue weighted by Crippen LogP contribution is 2.27. The summed E-state index contributed by atoms with van der Waals surface area (Å²) in [6.07, 6.45) is 0. The van der Waals surface area contributed by atoms with Gasteiger partial charge in [0.1, 0.15) is 41.8 Å². The van der Waals surface area contributed by atoms with E-state index in [2.05, 4.69) is 0 Å². The van der Waals surface area contributed by atoms with Crippen LogP contribution < -0.4 is 14.2 Å². The van der Waals surface area contributed by atoms with Crippen molar-refractivity contribution in [2.24, 2.45) is 0 Å². The molecule has 0 heterocycles. The SMILES string of the molecule is CC(C)(C)Oc1ccc(S(=O)(=O)c2ccc(OCCOc3ccc(S(=O)(=O)c4ccc(O)cc4)cc3)cc2)cc1. The second kappa shape index (κ2) is 11.6. The van der Waals surface area contributed by atoms with Gasteiger partial charge in [-0.2, -0.15) is 0 Å². The van der Waals surface area contributed by atoms with Crippen molar-refractivity contribution in [3.63, 3.8) is 0 Å². The van der Waals surface area contributed by atoms with Gasteiger partial charge in [-0.15, -0.1) is 0 Å². The van der Waals surface area contributed by atoms with Crippen LogP contribution in [0.1, 0.15) is 20.8 Å². The van der Waals surface area contributed by atoms with Gasteiger partial charge in [0.2, 0.25) is 19.7 Å². The lowest BCUT2D eigenvalue weighted by Crippen LogP contribution is -2.22. The summed E-state index contributed by atoms with van der Waals surface area (Å²) in [5.41, 5.74) is -0.384. The Labute approximate surface area is 234 Å². The molecule has 4 aromatic rings. The smallest absolute Gasteiger partial charge is 0.206 e. The molecule has 8 nitrogen and oxygen atoms in total. The normalized spacial score (nSPS) is 12.1. The molecule has 40 heavy (non-hydrogen) atoms. The van der Waals surface area contributed by atoms with Crippen LogP contribution >= 0.6 is 0 Å². The van der Waals surface area contributed by atoms with Crippen molar-refractivity contribution in [1.29, 1.82) is 0 Å². The van der Waals surface area contributed by atoms with E-state index in [1.54, 1.807) is 36.4 Å². The lowest BCUT2D eigenvalue weighted by molar-refractivity contribution is 0.131. The minimum Gasteiger partial charge on any atom is -0.508 e. The van der Waals surface area contributed by atoms with Gasteiger partial charge in [0.25, 0.3) is 0 Å². The quantitative estimate of drug-likeness (QED) is 0.237. The minimum absolute atomic E-state index is 0.0147. The average molecular weight is 583 g/mol. The Morgan fingerprint density at radius 1 is 0.525 bits per heavy atom. The molecule has 0 saturated heterocycles. The summed E-state index contributed by atoms with van der Waals surface area (Å²) in [5, 5.41) is 9.38. The van der Waals surface area contributed by atoms with Crippen LogP contribution in [0.3, 0.4) is 0 Å². The maximum absolute atomic E-state index is 13.0. The van der Waals surface area contributed by atoms with E-state index in [0.717, 1.165) is 0 Å². The highest BCUT2D eigenvalue weighted by Gasteiger charge is 2.19. The molecule has 0 aliphatic heterocycles. The summed E-state index contributed by atoms with van der Waals surface area (Å²) in [6, 6.07) is 23.8. The van der Waals surface area contributed by atoms with E-state index in [9.17, 15) is 21.9 Å². The first-order chi connectivity index (χ1) is 18.8. The second-order valence-electron chi connectivity index (χ2n) is 9.83. The van der Waals surface area contributed by atoms with E-state index >= 15 is 0 Å². The van der Waals surface area contributed by atoms with Crippen LogP contribution in [0.25, 0.3) is 0 Å². The fraction of sp³-hybridized carbons (Fsp3) is 0.200. The molecular formula is C30H30O8S2. The Bertz CT molecular complexity index is 1640. The molecule has 4 rings (SSSR count). The molecule has 0 atom stereocenters. The summed E-state index contributed by atoms with van der Waals surface area (Å²) in [7, 11) is -7.42. The van der Waals surface area contributed by atoms with Gasteiger partial charge in [-0.1, -0.05) is 0 Å². The van der Waals surface area contributed by atoms with Crippen LogP contribution in [-0.2, 0) is 19.7 Å². The first kappa shape index (κ1) is 29.0. The fourth-order valence-electron chi connectivity index (χ4n) is 3.69. The number of phenolic OH excluding ortho intramolecular Hbond substituents is 1. The van der Waals surface area contributed by atoms with Gasteiger partial charge in [-0.3, -0.25) is 0 Å². The molecule has 0 saturated carbocycles. The second-order valence-corrected chi connectivity index (χ2v) is 13.7. The van der Waals surface area contributed by atoms with E-state index in [1.165, 1.54) is 60.7 Å². The lowest BCUT2D eigenvalue weighted by Gasteiger charge is -2.21. The van der Waals surface area contributed by atoms with Crippen molar-refractivity contribution in [1.82, 2.24) is 0 Å². The maximum atomic E-state index is 13.0. The number of phenols is 1. The molecule has 0 unspecified atom stereocenters. The number of benzene rings is 4. The molecule has 210 valence electrons. The fourth-order valence-corrected chi connectivity index (χ4v) is 6.21. The number of hydrogen-bond acceptors (Lipinski definition) is 8. The van der Waals surface area contributed by atoms with Crippen molar-refractivity contribution in [2.75, 3.05) is 13.2 Å². The van der Waals surface area contributed by atoms with E-state index in [-0.39, 0.29) is 44.1 Å². The molecule has 0 fully saturated rings. The molecule has 0 aliphatic rings. The maximum Gasteiger partial charge on any atom is 0.206 e. The Morgan fingerprint density at radius 2 is 0.825 bits per heavy atom. The zero-order valence-corrected chi connectivity index (χ0v) is 23.9. The summed E-state index contributed by atoms with van der Waals surface area (Å²) in [6.45, 7) is 6.13. The Hall–Kier alpha value is -4.02. The average Bonchev–Trinajstić information content (AvgIpc) is 2.91. The predicted molar refractivity (Wildman–Crippen MR) is 150 cm³/mol. The Balaban J connectivity index is 1.29. The lowest BCUT2D eigenvalue weighted by atomic mass is 10.2. The van der Waals surface area contributed by atoms with Crippen molar-refractivity contribution in [3.05, 3.63) is 97.1 Å². The highest BCUT2D eigenvalue weighted by molar-refractivity contribution is 7.91. The van der Waals surface area contributed by atoms with Crippen molar-refractivity contribution >= 4 is 19.7 Å². The molecule has 1 N–H and O–H groups in total. The van der Waals surface area contributed by atoms with E-state index in [1.807, 2.05) is 20.8 Å². The molecule has 4 aromatic carbocycles. The van der Waals surface area contributed by atoms with E-state index < -0.39 is 19.7 Å². The number of rotatable bonds is 10. The number of sulfone groups is 2. The predicted octanol–water partition coefficient (Wildman–Crippen LogP) is 5.69. The third-order valence-corrected chi connectivity index (χ3v) is 9.17. The van der Waals surface area contributed by atoms with Gasteiger partial charge >= 0.3 is 0 Å². The molecule has 0 amide bonds. The summed E-state index contributed by atoms with van der Waals surface area (Å²) >= 11 is 0. The number of hydrogen-bond donors (Lipinski definition) is 1. The molecule has 0 spiro atoms. The van der Waals surface area contributed by atoms with E-state index in [4.69, 9.17) is 14.2 Å². The van der Waals surface area contributed by atoms with Crippen molar-refractivity contribution in [3.8, 4) is 23.0 Å². The van der Waals surface area contributed by atoms with Gasteiger partial charge in [-0.05, 0) is 118 Å². The summed E-state index contributed by atoms with van der Waals surface area (Å²) < 4.78 is 68.4. The third kappa shape index (κ3) is 7.13. The van der Waals surface area contributed by atoms with Crippen LogP contribution in [0.5, 0.6) is 23.0 Å². The van der Waals surface area contributed by atoms with Gasteiger partial charge in [-0.25, -0.2) is 16.8 Å². The molecular weight excluding hydrogens is 552 g/mol. The van der Waals surface area contributed by atoms with Gasteiger partial charge in [0, 0.05) is 0 Å².